The van der Waals surface area contributed by atoms with Crippen molar-refractivity contribution in [2.24, 2.45) is 5.92 Å². The molecule has 1 atom stereocenters. The number of nitrogens with zero attached hydrogens (tertiary/aromatic N) is 4. The third-order valence-corrected chi connectivity index (χ3v) is 3.09. The van der Waals surface area contributed by atoms with E-state index in [-0.39, 0.29) is 0 Å². The van der Waals surface area contributed by atoms with Crippen LogP contribution in [0.5, 0.6) is 0 Å². The highest BCUT2D eigenvalue weighted by Crippen LogP contribution is 2.22. The van der Waals surface area contributed by atoms with Crippen LogP contribution < -0.4 is 5.32 Å². The Morgan fingerprint density at radius 1 is 1.28 bits per heavy atom. The summed E-state index contributed by atoms with van der Waals surface area (Å²) in [6, 6.07) is 8.51. The van der Waals surface area contributed by atoms with Gasteiger partial charge in [0.15, 0.2) is 0 Å². The first-order chi connectivity index (χ1) is 8.72. The molecule has 2 rings (SSSR count). The smallest absolute Gasteiger partial charge is 0.143 e. The number of hydrogen-bond donors (Lipinski definition) is 1. The lowest BCUT2D eigenvalue weighted by molar-refractivity contribution is 0.511. The van der Waals surface area contributed by atoms with E-state index >= 15 is 0 Å². The number of hydrogen-bond acceptors (Lipinski definition) is 4. The average molecular weight is 245 g/mol. The third kappa shape index (κ3) is 2.67. The molecule has 0 aliphatic carbocycles. The first-order valence-corrected chi connectivity index (χ1v) is 6.31. The van der Waals surface area contributed by atoms with Crippen LogP contribution in [0.15, 0.2) is 30.6 Å². The monoisotopic (exact) mass is 245 g/mol. The molecule has 0 fully saturated rings. The first kappa shape index (κ1) is 12.5. The Morgan fingerprint density at radius 3 is 2.67 bits per heavy atom. The maximum absolute atomic E-state index is 3.94. The number of benzene rings is 1. The van der Waals surface area contributed by atoms with Gasteiger partial charge in [-0.05, 0) is 34.9 Å². The predicted molar refractivity (Wildman–Crippen MR) is 71.7 cm³/mol. The minimum Gasteiger partial charge on any atom is -0.380 e. The molecule has 1 heterocycles. The predicted octanol–water partition coefficient (Wildman–Crippen LogP) is 2.51. The van der Waals surface area contributed by atoms with Gasteiger partial charge < -0.3 is 5.32 Å². The Hall–Kier alpha value is -1.91. The summed E-state index contributed by atoms with van der Waals surface area (Å²) in [6.07, 6.45) is 2.69. The molecule has 0 saturated heterocycles. The zero-order chi connectivity index (χ0) is 13.0. The average Bonchev–Trinajstić information content (AvgIpc) is 2.89. The summed E-state index contributed by atoms with van der Waals surface area (Å²) in [5.74, 6) is 0.580. The van der Waals surface area contributed by atoms with Crippen molar-refractivity contribution in [2.45, 2.75) is 33.2 Å². The number of nitrogens with one attached hydrogen (secondary N) is 1. The van der Waals surface area contributed by atoms with Crippen LogP contribution in [-0.4, -0.2) is 26.2 Å². The van der Waals surface area contributed by atoms with Crippen molar-refractivity contribution in [2.75, 3.05) is 5.32 Å². The van der Waals surface area contributed by atoms with Crippen LogP contribution in [0.3, 0.4) is 0 Å². The van der Waals surface area contributed by atoms with Crippen molar-refractivity contribution in [3.05, 3.63) is 30.6 Å². The van der Waals surface area contributed by atoms with Crippen molar-refractivity contribution in [1.29, 1.82) is 0 Å². The molecule has 1 aromatic carbocycles. The minimum absolute atomic E-state index is 0.447. The Morgan fingerprint density at radius 2 is 2.06 bits per heavy atom. The fraction of sp³-hybridized carbons (Fsp3) is 0.462. The van der Waals surface area contributed by atoms with Crippen LogP contribution in [-0.2, 0) is 0 Å². The fourth-order valence-corrected chi connectivity index (χ4v) is 2.01. The zero-order valence-electron chi connectivity index (χ0n) is 11.0. The molecular formula is C13H19N5. The molecule has 0 aliphatic rings. The Labute approximate surface area is 107 Å². The van der Waals surface area contributed by atoms with Gasteiger partial charge in [-0.25, -0.2) is 0 Å². The minimum atomic E-state index is 0.447. The maximum Gasteiger partial charge on any atom is 0.143 e. The number of anilines is 1. The molecule has 1 aromatic heterocycles. The van der Waals surface area contributed by atoms with E-state index in [4.69, 9.17) is 0 Å². The molecule has 0 aliphatic heterocycles. The second-order valence-electron chi connectivity index (χ2n) is 4.67. The van der Waals surface area contributed by atoms with Gasteiger partial charge in [-0.2, -0.15) is 4.68 Å². The van der Waals surface area contributed by atoms with E-state index in [0.717, 1.165) is 17.8 Å². The standard InChI is InChI=1S/C13H19N5/c1-4-11(10(2)3)15-12-7-5-6-8-13(12)18-9-14-16-17-18/h5-11,15H,4H2,1-3H3. The highest BCUT2D eigenvalue weighted by atomic mass is 15.5. The summed E-state index contributed by atoms with van der Waals surface area (Å²) in [5, 5.41) is 14.9. The number of aromatic nitrogens is 4. The molecule has 18 heavy (non-hydrogen) atoms. The normalized spacial score (nSPS) is 12.7. The van der Waals surface area contributed by atoms with Crippen molar-refractivity contribution in [3.8, 4) is 5.69 Å². The maximum atomic E-state index is 3.94. The van der Waals surface area contributed by atoms with Gasteiger partial charge in [-0.3, -0.25) is 0 Å². The highest BCUT2D eigenvalue weighted by Gasteiger charge is 2.13. The lowest BCUT2D eigenvalue weighted by atomic mass is 10.0. The fourth-order valence-electron chi connectivity index (χ4n) is 2.01. The molecular weight excluding hydrogens is 226 g/mol. The van der Waals surface area contributed by atoms with Crippen LogP contribution in [0, 0.1) is 5.92 Å². The van der Waals surface area contributed by atoms with Gasteiger partial charge in [0.1, 0.15) is 6.33 Å². The zero-order valence-corrected chi connectivity index (χ0v) is 11.0. The Bertz CT molecular complexity index is 478. The van der Waals surface area contributed by atoms with Gasteiger partial charge in [0.05, 0.1) is 11.4 Å². The molecule has 96 valence electrons. The van der Waals surface area contributed by atoms with Crippen LogP contribution in [0.4, 0.5) is 5.69 Å². The largest absolute Gasteiger partial charge is 0.380 e. The number of para-hydroxylation sites is 2. The van der Waals surface area contributed by atoms with E-state index in [1.165, 1.54) is 0 Å². The molecule has 1 unspecified atom stereocenters. The van der Waals surface area contributed by atoms with Gasteiger partial charge in [0.25, 0.3) is 0 Å². The van der Waals surface area contributed by atoms with Gasteiger partial charge >= 0.3 is 0 Å². The second-order valence-corrected chi connectivity index (χ2v) is 4.67. The van der Waals surface area contributed by atoms with Gasteiger partial charge in [-0.15, -0.1) is 5.10 Å². The van der Waals surface area contributed by atoms with E-state index in [1.54, 1.807) is 11.0 Å². The van der Waals surface area contributed by atoms with E-state index in [2.05, 4.69) is 47.7 Å². The molecule has 0 bridgehead atoms. The van der Waals surface area contributed by atoms with Crippen molar-refractivity contribution >= 4 is 5.69 Å². The van der Waals surface area contributed by atoms with E-state index in [1.807, 2.05) is 18.2 Å². The lowest BCUT2D eigenvalue weighted by Gasteiger charge is -2.23. The van der Waals surface area contributed by atoms with Crippen molar-refractivity contribution in [1.82, 2.24) is 20.2 Å². The molecule has 0 spiro atoms. The third-order valence-electron chi connectivity index (χ3n) is 3.09. The molecule has 0 radical (unpaired) electrons. The molecule has 1 N–H and O–H groups in total. The van der Waals surface area contributed by atoms with Crippen molar-refractivity contribution < 1.29 is 0 Å². The Balaban J connectivity index is 2.28. The van der Waals surface area contributed by atoms with Crippen molar-refractivity contribution in [3.63, 3.8) is 0 Å². The molecule has 0 saturated carbocycles. The molecule has 2 aromatic rings. The summed E-state index contributed by atoms with van der Waals surface area (Å²) in [4.78, 5) is 0. The van der Waals surface area contributed by atoms with Gasteiger partial charge in [0.2, 0.25) is 0 Å². The van der Waals surface area contributed by atoms with Crippen LogP contribution in [0.2, 0.25) is 0 Å². The van der Waals surface area contributed by atoms with Crippen LogP contribution >= 0.6 is 0 Å². The van der Waals surface area contributed by atoms with E-state index in [9.17, 15) is 0 Å². The molecule has 5 heteroatoms. The van der Waals surface area contributed by atoms with E-state index < -0.39 is 0 Å². The summed E-state index contributed by atoms with van der Waals surface area (Å²) in [6.45, 7) is 6.64. The summed E-state index contributed by atoms with van der Waals surface area (Å²) in [7, 11) is 0. The topological polar surface area (TPSA) is 55.6 Å². The number of tetrazole rings is 1. The Kier molecular flexibility index (Phi) is 3.92. The van der Waals surface area contributed by atoms with Crippen LogP contribution in [0.25, 0.3) is 5.69 Å². The summed E-state index contributed by atoms with van der Waals surface area (Å²) in [5.41, 5.74) is 2.03. The lowest BCUT2D eigenvalue weighted by Crippen LogP contribution is -2.25. The number of rotatable bonds is 5. The molecule has 0 amide bonds. The van der Waals surface area contributed by atoms with Crippen LogP contribution in [0.1, 0.15) is 27.2 Å². The second kappa shape index (κ2) is 5.62. The molecule has 5 nitrogen and oxygen atoms in total. The quantitative estimate of drug-likeness (QED) is 0.879. The first-order valence-electron chi connectivity index (χ1n) is 6.31. The summed E-state index contributed by atoms with van der Waals surface area (Å²) >= 11 is 0. The van der Waals surface area contributed by atoms with Gasteiger partial charge in [-0.1, -0.05) is 32.9 Å². The highest BCUT2D eigenvalue weighted by molar-refractivity contribution is 5.60. The summed E-state index contributed by atoms with van der Waals surface area (Å²) < 4.78 is 1.68. The van der Waals surface area contributed by atoms with E-state index in [0.29, 0.717) is 12.0 Å². The van der Waals surface area contributed by atoms with Gasteiger partial charge in [0, 0.05) is 6.04 Å². The SMILES string of the molecule is CCC(Nc1ccccc1-n1cnnn1)C(C)C.